The maximum absolute atomic E-state index is 12.6. The van der Waals surface area contributed by atoms with Crippen LogP contribution in [-0.4, -0.2) is 41.4 Å². The van der Waals surface area contributed by atoms with Gasteiger partial charge in [-0.15, -0.1) is 23.1 Å². The van der Waals surface area contributed by atoms with E-state index in [1.807, 2.05) is 0 Å². The molecule has 9 nitrogen and oxygen atoms in total. The predicted molar refractivity (Wildman–Crippen MR) is 121 cm³/mol. The number of rotatable bonds is 6. The average Bonchev–Trinajstić information content (AvgIpc) is 3.42. The van der Waals surface area contributed by atoms with Crippen molar-refractivity contribution < 1.29 is 4.79 Å². The number of amides is 1. The topological polar surface area (TPSA) is 118 Å². The Bertz CT molecular complexity index is 1300. The first-order valence-electron chi connectivity index (χ1n) is 9.90. The molecule has 0 aliphatic heterocycles. The smallest absolute Gasteiger partial charge is 0.259 e. The number of carbonyl (C=O) groups is 1. The van der Waals surface area contributed by atoms with Gasteiger partial charge in [-0.3, -0.25) is 9.59 Å². The number of aromatic nitrogens is 6. The highest BCUT2D eigenvalue weighted by molar-refractivity contribution is 7.99. The molecule has 1 aliphatic rings. The molecule has 0 spiro atoms. The largest absolute Gasteiger partial charge is 0.322 e. The van der Waals surface area contributed by atoms with Crippen LogP contribution in [0, 0.1) is 0 Å². The molecular formula is C20H19N7O2S2. The van der Waals surface area contributed by atoms with E-state index >= 15 is 0 Å². The van der Waals surface area contributed by atoms with Crippen LogP contribution in [0.15, 0.2) is 35.8 Å². The molecule has 158 valence electrons. The molecule has 0 bridgehead atoms. The minimum atomic E-state index is -0.172. The number of aryl methyl sites for hydroxylation is 2. The molecule has 0 saturated carbocycles. The van der Waals surface area contributed by atoms with Gasteiger partial charge in [0.1, 0.15) is 23.3 Å². The molecule has 31 heavy (non-hydrogen) atoms. The summed E-state index contributed by atoms with van der Waals surface area (Å²) >= 11 is 3.02. The van der Waals surface area contributed by atoms with Crippen LogP contribution in [0.1, 0.15) is 29.1 Å². The third kappa shape index (κ3) is 4.10. The lowest BCUT2D eigenvalue weighted by Crippen LogP contribution is -2.17. The highest BCUT2D eigenvalue weighted by Crippen LogP contribution is 2.33. The number of nitrogens with one attached hydrogen (secondary N) is 2. The van der Waals surface area contributed by atoms with Crippen LogP contribution in [0.4, 0.5) is 5.69 Å². The summed E-state index contributed by atoms with van der Waals surface area (Å²) in [5, 5.41) is 7.67. The third-order valence-electron chi connectivity index (χ3n) is 5.04. The van der Waals surface area contributed by atoms with E-state index in [-0.39, 0.29) is 17.2 Å². The van der Waals surface area contributed by atoms with Crippen molar-refractivity contribution in [2.45, 2.75) is 31.4 Å². The summed E-state index contributed by atoms with van der Waals surface area (Å²) in [6, 6.07) is 3.51. The molecule has 0 aromatic carbocycles. The minimum absolute atomic E-state index is 0.0720. The molecule has 0 atom stereocenters. The standard InChI is InChI=1S/C20H19N7O2S2/c28-16(24-13-5-3-7-22-18(13)27-11-21-10-23-27)9-30-8-15-25-19(29)17-12-4-1-2-6-14(12)31-20(17)26-15/h3,5,7,10-11H,1-2,4,6,8-9H2,(H,24,28)(H,25,26,29). The average molecular weight is 454 g/mol. The van der Waals surface area contributed by atoms with Crippen molar-refractivity contribution in [3.05, 3.63) is 57.6 Å². The number of fused-ring (bicyclic) bond motifs is 3. The fourth-order valence-electron chi connectivity index (χ4n) is 3.70. The molecule has 0 saturated heterocycles. The van der Waals surface area contributed by atoms with E-state index in [9.17, 15) is 9.59 Å². The quantitative estimate of drug-likeness (QED) is 0.461. The normalized spacial score (nSPS) is 13.3. The molecular weight excluding hydrogens is 434 g/mol. The summed E-state index contributed by atoms with van der Waals surface area (Å²) < 4.78 is 1.49. The first-order valence-corrected chi connectivity index (χ1v) is 11.9. The molecule has 1 amide bonds. The lowest BCUT2D eigenvalue weighted by atomic mass is 9.97. The zero-order valence-corrected chi connectivity index (χ0v) is 18.1. The van der Waals surface area contributed by atoms with Crippen LogP contribution >= 0.6 is 23.1 Å². The van der Waals surface area contributed by atoms with Crippen molar-refractivity contribution in [2.75, 3.05) is 11.1 Å². The number of hydrogen-bond donors (Lipinski definition) is 2. The van der Waals surface area contributed by atoms with Crippen molar-refractivity contribution >= 4 is 44.9 Å². The van der Waals surface area contributed by atoms with Crippen LogP contribution in [-0.2, 0) is 23.4 Å². The highest BCUT2D eigenvalue weighted by atomic mass is 32.2. The van der Waals surface area contributed by atoms with Crippen LogP contribution in [0.25, 0.3) is 16.0 Å². The van der Waals surface area contributed by atoms with Crippen LogP contribution < -0.4 is 10.9 Å². The van der Waals surface area contributed by atoms with E-state index in [2.05, 4.69) is 30.4 Å². The summed E-state index contributed by atoms with van der Waals surface area (Å²) in [6.07, 6.45) is 8.84. The van der Waals surface area contributed by atoms with E-state index in [0.29, 0.717) is 23.1 Å². The molecule has 5 rings (SSSR count). The molecule has 1 aliphatic carbocycles. The van der Waals surface area contributed by atoms with E-state index in [4.69, 9.17) is 0 Å². The van der Waals surface area contributed by atoms with Gasteiger partial charge in [0.2, 0.25) is 5.91 Å². The van der Waals surface area contributed by atoms with Crippen molar-refractivity contribution in [2.24, 2.45) is 0 Å². The van der Waals surface area contributed by atoms with Gasteiger partial charge in [-0.2, -0.15) is 5.10 Å². The lowest BCUT2D eigenvalue weighted by molar-refractivity contribution is -0.113. The first-order chi connectivity index (χ1) is 15.2. The van der Waals surface area contributed by atoms with Gasteiger partial charge in [-0.05, 0) is 43.4 Å². The fraction of sp³-hybridized carbons (Fsp3) is 0.300. The van der Waals surface area contributed by atoms with Crippen LogP contribution in [0.3, 0.4) is 0 Å². The number of pyridine rings is 1. The van der Waals surface area contributed by atoms with Gasteiger partial charge >= 0.3 is 0 Å². The Morgan fingerprint density at radius 3 is 3.10 bits per heavy atom. The highest BCUT2D eigenvalue weighted by Gasteiger charge is 2.20. The van der Waals surface area contributed by atoms with Gasteiger partial charge in [-0.25, -0.2) is 19.6 Å². The molecule has 11 heteroatoms. The maximum atomic E-state index is 12.6. The second-order valence-corrected chi connectivity index (χ2v) is 9.23. The van der Waals surface area contributed by atoms with Crippen molar-refractivity contribution in [3.8, 4) is 5.82 Å². The molecule has 4 aromatic heterocycles. The van der Waals surface area contributed by atoms with E-state index in [1.54, 1.807) is 29.7 Å². The first kappa shape index (κ1) is 19.9. The number of H-pyrrole nitrogens is 1. The molecule has 2 N–H and O–H groups in total. The predicted octanol–water partition coefficient (Wildman–Crippen LogP) is 2.71. The van der Waals surface area contributed by atoms with Gasteiger partial charge < -0.3 is 10.3 Å². The number of hydrogen-bond acceptors (Lipinski definition) is 8. The second-order valence-electron chi connectivity index (χ2n) is 7.16. The second kappa shape index (κ2) is 8.60. The molecule has 4 heterocycles. The zero-order chi connectivity index (χ0) is 21.2. The number of carbonyl (C=O) groups excluding carboxylic acids is 1. The fourth-order valence-corrected chi connectivity index (χ4v) is 5.67. The SMILES string of the molecule is O=C(CSCc1nc2sc3c(c2c(=O)[nH]1)CCCC3)Nc1cccnc1-n1cncn1. The van der Waals surface area contributed by atoms with Crippen molar-refractivity contribution in [1.82, 2.24) is 29.7 Å². The van der Waals surface area contributed by atoms with Crippen LogP contribution in [0.5, 0.6) is 0 Å². The van der Waals surface area contributed by atoms with Crippen molar-refractivity contribution in [3.63, 3.8) is 0 Å². The molecule has 0 radical (unpaired) electrons. The summed E-state index contributed by atoms with van der Waals surface area (Å²) in [5.41, 5.74) is 1.66. The van der Waals surface area contributed by atoms with Gasteiger partial charge in [0, 0.05) is 11.1 Å². The number of nitrogens with zero attached hydrogens (tertiary/aromatic N) is 5. The minimum Gasteiger partial charge on any atom is -0.322 e. The summed E-state index contributed by atoms with van der Waals surface area (Å²) in [4.78, 5) is 42.9. The maximum Gasteiger partial charge on any atom is 0.259 e. The van der Waals surface area contributed by atoms with E-state index < -0.39 is 0 Å². The monoisotopic (exact) mass is 453 g/mol. The van der Waals surface area contributed by atoms with Gasteiger partial charge in [-0.1, -0.05) is 0 Å². The number of thioether (sulfide) groups is 1. The Labute approximate surface area is 185 Å². The Morgan fingerprint density at radius 1 is 1.32 bits per heavy atom. The number of aromatic amines is 1. The van der Waals surface area contributed by atoms with E-state index in [0.717, 1.165) is 29.5 Å². The third-order valence-corrected chi connectivity index (χ3v) is 7.17. The number of anilines is 1. The number of thiophene rings is 1. The van der Waals surface area contributed by atoms with Gasteiger partial charge in [0.05, 0.1) is 22.6 Å². The summed E-state index contributed by atoms with van der Waals surface area (Å²) in [7, 11) is 0. The van der Waals surface area contributed by atoms with Crippen LogP contribution in [0.2, 0.25) is 0 Å². The Morgan fingerprint density at radius 2 is 2.23 bits per heavy atom. The zero-order valence-electron chi connectivity index (χ0n) is 16.5. The summed E-state index contributed by atoms with van der Waals surface area (Å²) in [6.45, 7) is 0. The van der Waals surface area contributed by atoms with E-state index in [1.165, 1.54) is 46.0 Å². The van der Waals surface area contributed by atoms with Gasteiger partial charge in [0.25, 0.3) is 5.56 Å². The Kier molecular flexibility index (Phi) is 5.51. The van der Waals surface area contributed by atoms with Gasteiger partial charge in [0.15, 0.2) is 5.82 Å². The lowest BCUT2D eigenvalue weighted by Gasteiger charge is -2.10. The Balaban J connectivity index is 1.24. The molecule has 0 unspecified atom stereocenters. The molecule has 0 fully saturated rings. The van der Waals surface area contributed by atoms with Crippen molar-refractivity contribution in [1.29, 1.82) is 0 Å². The Hall–Kier alpha value is -3.05. The molecule has 4 aromatic rings. The summed E-state index contributed by atoms with van der Waals surface area (Å²) in [5.74, 6) is 1.59.